The van der Waals surface area contributed by atoms with Crippen LogP contribution < -0.4 is 4.74 Å². The number of hydrogen-bond acceptors (Lipinski definition) is 5. The highest BCUT2D eigenvalue weighted by atomic mass is 16.5. The van der Waals surface area contributed by atoms with Gasteiger partial charge in [0.05, 0.1) is 18.9 Å². The van der Waals surface area contributed by atoms with Crippen LogP contribution in [0.5, 0.6) is 5.75 Å². The molecule has 0 aliphatic rings. The van der Waals surface area contributed by atoms with E-state index in [2.05, 4.69) is 21.5 Å². The first-order chi connectivity index (χ1) is 7.86. The molecule has 0 fully saturated rings. The molecule has 0 unspecified atom stereocenters. The van der Waals surface area contributed by atoms with Crippen molar-refractivity contribution in [3.05, 3.63) is 36.0 Å². The largest absolute Gasteiger partial charge is 0.495 e. The maximum atomic E-state index is 8.94. The number of hydrogen-bond donors (Lipinski definition) is 0. The lowest BCUT2D eigenvalue weighted by molar-refractivity contribution is 0.415. The summed E-state index contributed by atoms with van der Waals surface area (Å²) >= 11 is 0. The molecule has 0 radical (unpaired) electrons. The number of rotatable bonds is 2. The molecule has 0 saturated heterocycles. The predicted molar refractivity (Wildman–Crippen MR) is 56.5 cm³/mol. The first kappa shape index (κ1) is 10.1. The summed E-state index contributed by atoms with van der Waals surface area (Å²) in [5.41, 5.74) is 1.83. The van der Waals surface area contributed by atoms with Crippen LogP contribution >= 0.6 is 0 Å². The Morgan fingerprint density at radius 3 is 2.81 bits per heavy atom. The lowest BCUT2D eigenvalue weighted by Gasteiger charge is -2.08. The Labute approximate surface area is 92.3 Å². The summed E-state index contributed by atoms with van der Waals surface area (Å²) < 4.78 is 5.21. The first-order valence-corrected chi connectivity index (χ1v) is 4.58. The van der Waals surface area contributed by atoms with E-state index in [4.69, 9.17) is 10.00 Å². The van der Waals surface area contributed by atoms with Crippen molar-refractivity contribution >= 4 is 0 Å². The fraction of sp³-hybridized carbons (Fsp3) is 0.0909. The van der Waals surface area contributed by atoms with Crippen LogP contribution in [0.25, 0.3) is 11.3 Å². The Hall–Kier alpha value is -2.48. The summed E-state index contributed by atoms with van der Waals surface area (Å²) in [5, 5.41) is 20.0. The zero-order valence-electron chi connectivity index (χ0n) is 8.58. The van der Waals surface area contributed by atoms with E-state index < -0.39 is 0 Å². The first-order valence-electron chi connectivity index (χ1n) is 4.58. The van der Waals surface area contributed by atoms with Crippen molar-refractivity contribution in [2.45, 2.75) is 0 Å². The Morgan fingerprint density at radius 2 is 2.19 bits per heavy atom. The summed E-state index contributed by atoms with van der Waals surface area (Å²) in [7, 11) is 1.52. The van der Waals surface area contributed by atoms with Gasteiger partial charge in [-0.15, -0.1) is 10.2 Å². The zero-order chi connectivity index (χ0) is 11.4. The molecule has 5 heteroatoms. The van der Waals surface area contributed by atoms with Crippen LogP contribution in [0.4, 0.5) is 0 Å². The molecule has 1 heterocycles. The van der Waals surface area contributed by atoms with Gasteiger partial charge in [-0.1, -0.05) is 6.07 Å². The third-order valence-corrected chi connectivity index (χ3v) is 2.12. The molecule has 0 N–H and O–H groups in total. The van der Waals surface area contributed by atoms with E-state index >= 15 is 0 Å². The van der Waals surface area contributed by atoms with E-state index in [1.807, 2.05) is 6.07 Å². The van der Waals surface area contributed by atoms with Gasteiger partial charge in [0, 0.05) is 5.56 Å². The third kappa shape index (κ3) is 1.68. The molecule has 0 aliphatic carbocycles. The van der Waals surface area contributed by atoms with Crippen molar-refractivity contribution in [1.29, 1.82) is 5.26 Å². The second kappa shape index (κ2) is 4.36. The Morgan fingerprint density at radius 1 is 1.31 bits per heavy atom. The molecule has 78 valence electrons. The molecular weight excluding hydrogens is 204 g/mol. The number of nitriles is 1. The molecule has 16 heavy (non-hydrogen) atoms. The molecule has 0 atom stereocenters. The van der Waals surface area contributed by atoms with Crippen LogP contribution in [-0.2, 0) is 0 Å². The smallest absolute Gasteiger partial charge is 0.146 e. The van der Waals surface area contributed by atoms with E-state index in [0.29, 0.717) is 17.0 Å². The lowest BCUT2D eigenvalue weighted by atomic mass is 10.1. The highest BCUT2D eigenvalue weighted by Gasteiger charge is 2.11. The van der Waals surface area contributed by atoms with Gasteiger partial charge in [-0.3, -0.25) is 0 Å². The molecule has 5 nitrogen and oxygen atoms in total. The summed E-state index contributed by atoms with van der Waals surface area (Å²) in [4.78, 5) is 0. The average Bonchev–Trinajstić information content (AvgIpc) is 2.38. The highest BCUT2D eigenvalue weighted by Crippen LogP contribution is 2.30. The van der Waals surface area contributed by atoms with Gasteiger partial charge in [0.1, 0.15) is 17.5 Å². The van der Waals surface area contributed by atoms with Gasteiger partial charge in [-0.25, -0.2) is 0 Å². The van der Waals surface area contributed by atoms with Gasteiger partial charge < -0.3 is 4.74 Å². The molecule has 0 saturated carbocycles. The summed E-state index contributed by atoms with van der Waals surface area (Å²) in [6.07, 6.45) is 1.54. The summed E-state index contributed by atoms with van der Waals surface area (Å²) in [6, 6.07) is 9.07. The molecule has 2 aromatic rings. The minimum absolute atomic E-state index is 0.471. The van der Waals surface area contributed by atoms with Crippen LogP contribution in [0.2, 0.25) is 0 Å². The molecule has 0 amide bonds. The van der Waals surface area contributed by atoms with Crippen molar-refractivity contribution in [2.75, 3.05) is 7.11 Å². The maximum absolute atomic E-state index is 8.94. The Bertz CT molecular complexity index is 533. The topological polar surface area (TPSA) is 71.7 Å². The van der Waals surface area contributed by atoms with Gasteiger partial charge in [0.2, 0.25) is 0 Å². The SMILES string of the molecule is COc1c(C#N)cccc1-c1ccnnn1. The molecule has 1 aromatic heterocycles. The number of ether oxygens (including phenoxy) is 1. The number of nitrogens with zero attached hydrogens (tertiary/aromatic N) is 4. The lowest BCUT2D eigenvalue weighted by Crippen LogP contribution is -1.95. The Kier molecular flexibility index (Phi) is 2.74. The van der Waals surface area contributed by atoms with Gasteiger partial charge in [0.15, 0.2) is 0 Å². The monoisotopic (exact) mass is 212 g/mol. The van der Waals surface area contributed by atoms with Crippen LogP contribution in [0.1, 0.15) is 5.56 Å². The van der Waals surface area contributed by atoms with Gasteiger partial charge in [0.25, 0.3) is 0 Å². The number of para-hydroxylation sites is 1. The predicted octanol–water partition coefficient (Wildman–Crippen LogP) is 1.42. The van der Waals surface area contributed by atoms with Crippen LogP contribution in [0.3, 0.4) is 0 Å². The van der Waals surface area contributed by atoms with E-state index in [-0.39, 0.29) is 0 Å². The third-order valence-electron chi connectivity index (χ3n) is 2.12. The average molecular weight is 212 g/mol. The molecule has 0 aliphatic heterocycles. The minimum atomic E-state index is 0.471. The van der Waals surface area contributed by atoms with Crippen LogP contribution in [-0.4, -0.2) is 22.5 Å². The highest BCUT2D eigenvalue weighted by molar-refractivity contribution is 5.70. The van der Waals surface area contributed by atoms with Crippen LogP contribution in [0.15, 0.2) is 30.5 Å². The standard InChI is InChI=1S/C11H8N4O/c1-16-11-8(7-12)3-2-4-9(11)10-5-6-13-15-14-10/h2-6H,1H3. The normalized spacial score (nSPS) is 9.50. The van der Waals surface area contributed by atoms with Gasteiger partial charge >= 0.3 is 0 Å². The quantitative estimate of drug-likeness (QED) is 0.752. The van der Waals surface area contributed by atoms with E-state index in [0.717, 1.165) is 5.56 Å². The minimum Gasteiger partial charge on any atom is -0.495 e. The van der Waals surface area contributed by atoms with E-state index in [1.165, 1.54) is 7.11 Å². The fourth-order valence-electron chi connectivity index (χ4n) is 1.43. The molecule has 0 spiro atoms. The van der Waals surface area contributed by atoms with Gasteiger partial charge in [-0.05, 0) is 23.4 Å². The second-order valence-corrected chi connectivity index (χ2v) is 3.00. The number of aromatic nitrogens is 3. The fourth-order valence-corrected chi connectivity index (χ4v) is 1.43. The van der Waals surface area contributed by atoms with Crippen molar-refractivity contribution in [3.8, 4) is 23.1 Å². The van der Waals surface area contributed by atoms with Gasteiger partial charge in [-0.2, -0.15) is 5.26 Å². The molecular formula is C11H8N4O. The van der Waals surface area contributed by atoms with Crippen molar-refractivity contribution < 1.29 is 4.74 Å². The van der Waals surface area contributed by atoms with E-state index in [9.17, 15) is 0 Å². The summed E-state index contributed by atoms with van der Waals surface area (Å²) in [6.45, 7) is 0. The Balaban J connectivity index is 2.62. The zero-order valence-corrected chi connectivity index (χ0v) is 8.58. The maximum Gasteiger partial charge on any atom is 0.146 e. The molecule has 0 bridgehead atoms. The second-order valence-electron chi connectivity index (χ2n) is 3.00. The van der Waals surface area contributed by atoms with E-state index in [1.54, 1.807) is 24.4 Å². The van der Waals surface area contributed by atoms with Crippen molar-refractivity contribution in [2.24, 2.45) is 0 Å². The molecule has 1 aromatic carbocycles. The number of benzene rings is 1. The number of methoxy groups -OCH3 is 1. The summed E-state index contributed by atoms with van der Waals surface area (Å²) in [5.74, 6) is 0.505. The van der Waals surface area contributed by atoms with Crippen LogP contribution in [0, 0.1) is 11.3 Å². The molecule has 2 rings (SSSR count). The van der Waals surface area contributed by atoms with Crippen molar-refractivity contribution in [3.63, 3.8) is 0 Å². The van der Waals surface area contributed by atoms with Crippen molar-refractivity contribution in [1.82, 2.24) is 15.4 Å².